The van der Waals surface area contributed by atoms with Crippen molar-refractivity contribution >= 4 is 22.4 Å². The maximum Gasteiger partial charge on any atom is 0.257 e. The van der Waals surface area contributed by atoms with Crippen molar-refractivity contribution in [1.29, 1.82) is 0 Å². The Hall–Kier alpha value is -1.96. The Labute approximate surface area is 163 Å². The van der Waals surface area contributed by atoms with Gasteiger partial charge in [0.05, 0.1) is 0 Å². The number of carbonyl (C=O) groups excluding carboxylic acids is 1. The highest BCUT2D eigenvalue weighted by Gasteiger charge is 2.21. The Morgan fingerprint density at radius 3 is 2.07 bits per heavy atom. The molecule has 1 amide bonds. The van der Waals surface area contributed by atoms with Gasteiger partial charge in [0.1, 0.15) is 5.75 Å². The van der Waals surface area contributed by atoms with E-state index in [1.807, 2.05) is 17.5 Å². The van der Waals surface area contributed by atoms with E-state index in [4.69, 9.17) is 0 Å². The predicted molar refractivity (Wildman–Crippen MR) is 107 cm³/mol. The average molecular weight is 387 g/mol. The molecular formula is C20H26N4O2S. The minimum absolute atomic E-state index is 0.171. The molecule has 7 heteroatoms. The number of nitrogens with one attached hydrogen (secondary N) is 1. The van der Waals surface area contributed by atoms with Crippen molar-refractivity contribution in [2.45, 2.75) is 38.8 Å². The SMILES string of the molecule is O=C(Nc1nccs1)c1cc(CN2CCCC2)c(O)c(CN2CCCC2)c1. The molecule has 1 aromatic heterocycles. The zero-order valence-electron chi connectivity index (χ0n) is 15.5. The summed E-state index contributed by atoms with van der Waals surface area (Å²) in [4.78, 5) is 21.6. The maximum atomic E-state index is 12.7. The molecule has 0 bridgehead atoms. The van der Waals surface area contributed by atoms with Crippen LogP contribution in [-0.2, 0) is 13.1 Å². The first kappa shape index (κ1) is 18.4. The van der Waals surface area contributed by atoms with Crippen LogP contribution in [0.3, 0.4) is 0 Å². The first-order chi connectivity index (χ1) is 13.2. The lowest BCUT2D eigenvalue weighted by Crippen LogP contribution is -2.22. The molecule has 2 aliphatic rings. The predicted octanol–water partition coefficient (Wildman–Crippen LogP) is 3.29. The van der Waals surface area contributed by atoms with Gasteiger partial charge < -0.3 is 5.11 Å². The van der Waals surface area contributed by atoms with Gasteiger partial charge in [0.2, 0.25) is 0 Å². The summed E-state index contributed by atoms with van der Waals surface area (Å²) in [5.74, 6) is 0.176. The molecule has 144 valence electrons. The Morgan fingerprint density at radius 2 is 1.59 bits per heavy atom. The third-order valence-electron chi connectivity index (χ3n) is 5.37. The Kier molecular flexibility index (Phi) is 5.71. The molecule has 2 fully saturated rings. The standard InChI is InChI=1S/C20H26N4O2S/c25-18-16(13-23-6-1-2-7-23)11-15(19(26)22-20-21-5-10-27-20)12-17(18)14-24-8-3-4-9-24/h5,10-12,25H,1-4,6-9,13-14H2,(H,21,22,26). The highest BCUT2D eigenvalue weighted by molar-refractivity contribution is 7.13. The zero-order valence-corrected chi connectivity index (χ0v) is 16.3. The fourth-order valence-corrected chi connectivity index (χ4v) is 4.47. The van der Waals surface area contributed by atoms with Crippen LogP contribution in [0.5, 0.6) is 5.75 Å². The van der Waals surface area contributed by atoms with Crippen LogP contribution in [-0.4, -0.2) is 52.0 Å². The number of phenols is 1. The molecule has 0 unspecified atom stereocenters. The lowest BCUT2D eigenvalue weighted by molar-refractivity contribution is 0.102. The number of aromatic nitrogens is 1. The molecule has 0 radical (unpaired) electrons. The monoisotopic (exact) mass is 386 g/mol. The molecule has 4 rings (SSSR count). The topological polar surface area (TPSA) is 68.7 Å². The number of benzene rings is 1. The number of rotatable bonds is 6. The van der Waals surface area contributed by atoms with Gasteiger partial charge in [-0.15, -0.1) is 11.3 Å². The van der Waals surface area contributed by atoms with Gasteiger partial charge in [-0.3, -0.25) is 19.9 Å². The molecular weight excluding hydrogens is 360 g/mol. The van der Waals surface area contributed by atoms with E-state index < -0.39 is 0 Å². The van der Waals surface area contributed by atoms with Crippen molar-refractivity contribution in [3.05, 3.63) is 40.4 Å². The number of anilines is 1. The number of amides is 1. The highest BCUT2D eigenvalue weighted by atomic mass is 32.1. The van der Waals surface area contributed by atoms with Gasteiger partial charge in [-0.25, -0.2) is 4.98 Å². The van der Waals surface area contributed by atoms with Gasteiger partial charge in [-0.1, -0.05) is 0 Å². The van der Waals surface area contributed by atoms with Gasteiger partial charge in [0, 0.05) is 41.4 Å². The van der Waals surface area contributed by atoms with E-state index in [-0.39, 0.29) is 5.91 Å². The normalized spacial score (nSPS) is 18.2. The highest BCUT2D eigenvalue weighted by Crippen LogP contribution is 2.29. The number of thiazole rings is 1. The van der Waals surface area contributed by atoms with Crippen molar-refractivity contribution in [2.75, 3.05) is 31.5 Å². The van der Waals surface area contributed by atoms with Crippen molar-refractivity contribution in [1.82, 2.24) is 14.8 Å². The van der Waals surface area contributed by atoms with Crippen LogP contribution in [0.2, 0.25) is 0 Å². The van der Waals surface area contributed by atoms with Gasteiger partial charge in [0.25, 0.3) is 5.91 Å². The molecule has 2 saturated heterocycles. The second-order valence-corrected chi connectivity index (χ2v) is 8.30. The summed E-state index contributed by atoms with van der Waals surface area (Å²) < 4.78 is 0. The van der Waals surface area contributed by atoms with Crippen molar-refractivity contribution in [2.24, 2.45) is 0 Å². The van der Waals surface area contributed by atoms with Crippen LogP contribution in [0.15, 0.2) is 23.7 Å². The van der Waals surface area contributed by atoms with E-state index in [2.05, 4.69) is 20.1 Å². The number of likely N-dealkylation sites (tertiary alicyclic amines) is 2. The third kappa shape index (κ3) is 4.48. The number of hydrogen-bond acceptors (Lipinski definition) is 6. The molecule has 0 spiro atoms. The molecule has 1 aromatic carbocycles. The molecule has 6 nitrogen and oxygen atoms in total. The summed E-state index contributed by atoms with van der Waals surface area (Å²) in [5, 5.41) is 16.2. The average Bonchev–Trinajstić information content (AvgIpc) is 3.42. The van der Waals surface area contributed by atoms with Crippen LogP contribution in [0.1, 0.15) is 47.2 Å². The van der Waals surface area contributed by atoms with Crippen LogP contribution < -0.4 is 5.32 Å². The summed E-state index contributed by atoms with van der Waals surface area (Å²) in [7, 11) is 0. The Morgan fingerprint density at radius 1 is 1.04 bits per heavy atom. The van der Waals surface area contributed by atoms with E-state index >= 15 is 0 Å². The minimum Gasteiger partial charge on any atom is -0.507 e. The van der Waals surface area contributed by atoms with Crippen LogP contribution in [0.25, 0.3) is 0 Å². The molecule has 0 saturated carbocycles. The third-order valence-corrected chi connectivity index (χ3v) is 6.06. The molecule has 3 heterocycles. The maximum absolute atomic E-state index is 12.7. The van der Waals surface area contributed by atoms with Crippen LogP contribution in [0.4, 0.5) is 5.13 Å². The minimum atomic E-state index is -0.171. The summed E-state index contributed by atoms with van der Waals surface area (Å²) in [5.41, 5.74) is 2.28. The van der Waals surface area contributed by atoms with E-state index in [1.165, 1.54) is 37.0 Å². The molecule has 2 N–H and O–H groups in total. The Balaban J connectivity index is 1.60. The summed E-state index contributed by atoms with van der Waals surface area (Å²) in [6, 6.07) is 3.67. The second kappa shape index (κ2) is 8.37. The lowest BCUT2D eigenvalue weighted by Gasteiger charge is -2.21. The van der Waals surface area contributed by atoms with Crippen LogP contribution in [0, 0.1) is 0 Å². The summed E-state index contributed by atoms with van der Waals surface area (Å²) in [6.45, 7) is 5.59. The first-order valence-electron chi connectivity index (χ1n) is 9.69. The van der Waals surface area contributed by atoms with Crippen molar-refractivity contribution in [3.8, 4) is 5.75 Å². The second-order valence-electron chi connectivity index (χ2n) is 7.40. The van der Waals surface area contributed by atoms with E-state index in [0.717, 1.165) is 37.3 Å². The molecule has 2 aliphatic heterocycles. The number of carbonyl (C=O) groups is 1. The smallest absolute Gasteiger partial charge is 0.257 e. The van der Waals surface area contributed by atoms with Gasteiger partial charge in [-0.05, 0) is 64.0 Å². The summed E-state index contributed by atoms with van der Waals surface area (Å²) in [6.07, 6.45) is 6.48. The van der Waals surface area contributed by atoms with Crippen LogP contribution >= 0.6 is 11.3 Å². The molecule has 27 heavy (non-hydrogen) atoms. The largest absolute Gasteiger partial charge is 0.507 e. The van der Waals surface area contributed by atoms with Gasteiger partial charge >= 0.3 is 0 Å². The quantitative estimate of drug-likeness (QED) is 0.797. The first-order valence-corrected chi connectivity index (χ1v) is 10.6. The van der Waals surface area contributed by atoms with Crippen molar-refractivity contribution < 1.29 is 9.90 Å². The van der Waals surface area contributed by atoms with Gasteiger partial charge in [0.15, 0.2) is 5.13 Å². The lowest BCUT2D eigenvalue weighted by atomic mass is 10.0. The molecule has 2 aromatic rings. The summed E-state index contributed by atoms with van der Waals surface area (Å²) >= 11 is 1.40. The molecule has 0 aliphatic carbocycles. The van der Waals surface area contributed by atoms with Crippen molar-refractivity contribution in [3.63, 3.8) is 0 Å². The molecule has 0 atom stereocenters. The fourth-order valence-electron chi connectivity index (χ4n) is 3.95. The Bertz CT molecular complexity index is 742. The van der Waals surface area contributed by atoms with E-state index in [9.17, 15) is 9.90 Å². The van der Waals surface area contributed by atoms with Gasteiger partial charge in [-0.2, -0.15) is 0 Å². The fraction of sp³-hybridized carbons (Fsp3) is 0.500. The number of nitrogens with zero attached hydrogens (tertiary/aromatic N) is 3. The number of phenolic OH excluding ortho intramolecular Hbond substituents is 1. The number of hydrogen-bond donors (Lipinski definition) is 2. The number of aromatic hydroxyl groups is 1. The van der Waals surface area contributed by atoms with E-state index in [1.54, 1.807) is 6.20 Å². The zero-order chi connectivity index (χ0) is 18.6. The van der Waals surface area contributed by atoms with E-state index in [0.29, 0.717) is 29.5 Å².